The third kappa shape index (κ3) is 5.65. The summed E-state index contributed by atoms with van der Waals surface area (Å²) in [5, 5.41) is 11.0. The second kappa shape index (κ2) is 11.3. The van der Waals surface area contributed by atoms with Gasteiger partial charge in [-0.2, -0.15) is 0 Å². The van der Waals surface area contributed by atoms with Crippen LogP contribution in [0.1, 0.15) is 57.2 Å². The van der Waals surface area contributed by atoms with Crippen LogP contribution in [0.4, 0.5) is 0 Å². The molecule has 0 fully saturated rings. The SMILES string of the molecule is NC(=O)c1c(Cc2cccs2)c(Cc2cccs2)nc(C(=O)NCc2cccs2)c1Cc1cccs1. The lowest BCUT2D eigenvalue weighted by atomic mass is 9.91. The molecule has 36 heavy (non-hydrogen) atoms. The summed E-state index contributed by atoms with van der Waals surface area (Å²) in [6, 6.07) is 16.0. The first-order valence-corrected chi connectivity index (χ1v) is 14.8. The van der Waals surface area contributed by atoms with Gasteiger partial charge in [0.1, 0.15) is 5.69 Å². The number of nitrogens with one attached hydrogen (secondary N) is 1. The molecule has 0 unspecified atom stereocenters. The van der Waals surface area contributed by atoms with Crippen LogP contribution in [-0.2, 0) is 25.8 Å². The van der Waals surface area contributed by atoms with Gasteiger partial charge >= 0.3 is 0 Å². The molecule has 0 aliphatic carbocycles. The largest absolute Gasteiger partial charge is 0.366 e. The van der Waals surface area contributed by atoms with Gasteiger partial charge in [-0.05, 0) is 51.3 Å². The molecule has 0 atom stereocenters. The van der Waals surface area contributed by atoms with Gasteiger partial charge in [0.05, 0.1) is 17.8 Å². The predicted octanol–water partition coefficient (Wildman–Crippen LogP) is 6.13. The van der Waals surface area contributed by atoms with E-state index in [-0.39, 0.29) is 11.6 Å². The molecule has 5 aromatic heterocycles. The van der Waals surface area contributed by atoms with Gasteiger partial charge in [0.15, 0.2) is 0 Å². The second-order valence-corrected chi connectivity index (χ2v) is 12.3. The van der Waals surface area contributed by atoms with Gasteiger partial charge in [-0.15, -0.1) is 45.3 Å². The predicted molar refractivity (Wildman–Crippen MR) is 150 cm³/mol. The lowest BCUT2D eigenvalue weighted by molar-refractivity contribution is 0.0945. The molecule has 0 aliphatic rings. The molecule has 3 N–H and O–H groups in total. The lowest BCUT2D eigenvalue weighted by Gasteiger charge is -2.19. The van der Waals surface area contributed by atoms with Gasteiger partial charge < -0.3 is 11.1 Å². The maximum absolute atomic E-state index is 13.5. The zero-order chi connectivity index (χ0) is 24.9. The van der Waals surface area contributed by atoms with Crippen molar-refractivity contribution in [3.63, 3.8) is 0 Å². The van der Waals surface area contributed by atoms with Gasteiger partial charge in [-0.3, -0.25) is 9.59 Å². The Bertz CT molecular complexity index is 1440. The maximum atomic E-state index is 13.5. The van der Waals surface area contributed by atoms with Gasteiger partial charge in [0, 0.05) is 44.3 Å². The van der Waals surface area contributed by atoms with Crippen molar-refractivity contribution in [3.05, 3.63) is 118 Å². The summed E-state index contributed by atoms with van der Waals surface area (Å²) in [5.74, 6) is -0.831. The normalized spacial score (nSPS) is 11.0. The molecule has 0 radical (unpaired) electrons. The number of hydrogen-bond donors (Lipinski definition) is 2. The van der Waals surface area contributed by atoms with Crippen LogP contribution in [0.15, 0.2) is 70.1 Å². The second-order valence-electron chi connectivity index (χ2n) is 8.13. The summed E-state index contributed by atoms with van der Waals surface area (Å²) in [4.78, 5) is 35.8. The number of thiophene rings is 4. The number of aromatic nitrogens is 1. The summed E-state index contributed by atoms with van der Waals surface area (Å²) < 4.78 is 0. The average Bonchev–Trinajstić information content (AvgIpc) is 3.68. The average molecular weight is 550 g/mol. The first-order chi connectivity index (χ1) is 17.6. The first kappa shape index (κ1) is 24.6. The van der Waals surface area contributed by atoms with Crippen LogP contribution in [0.2, 0.25) is 0 Å². The summed E-state index contributed by atoms with van der Waals surface area (Å²) in [6.45, 7) is 0.403. The number of carbonyl (C=O) groups is 2. The van der Waals surface area contributed by atoms with Crippen LogP contribution in [-0.4, -0.2) is 16.8 Å². The van der Waals surface area contributed by atoms with E-state index in [1.165, 1.54) is 0 Å². The Morgan fingerprint density at radius 3 is 1.72 bits per heavy atom. The number of hydrogen-bond acceptors (Lipinski definition) is 7. The summed E-state index contributed by atoms with van der Waals surface area (Å²) >= 11 is 6.42. The molecule has 0 saturated carbocycles. The molecule has 0 aromatic carbocycles. The summed E-state index contributed by atoms with van der Waals surface area (Å²) in [5.41, 5.74) is 8.85. The number of pyridine rings is 1. The Morgan fingerprint density at radius 2 is 1.22 bits per heavy atom. The molecular formula is C27H23N3O2S4. The Kier molecular flexibility index (Phi) is 7.72. The molecule has 0 bridgehead atoms. The van der Waals surface area contributed by atoms with E-state index in [1.807, 2.05) is 70.1 Å². The van der Waals surface area contributed by atoms with Crippen LogP contribution < -0.4 is 11.1 Å². The Morgan fingerprint density at radius 1 is 0.722 bits per heavy atom. The third-order valence-electron chi connectivity index (χ3n) is 5.73. The monoisotopic (exact) mass is 549 g/mol. The summed E-state index contributed by atoms with van der Waals surface area (Å²) in [7, 11) is 0. The van der Waals surface area contributed by atoms with Crippen molar-refractivity contribution in [2.24, 2.45) is 5.73 Å². The fourth-order valence-electron chi connectivity index (χ4n) is 4.13. The standard InChI is InChI=1S/C27H23N3O2S4/c28-26(31)24-21(13-17-5-1-9-33-17)23(15-19-7-3-11-35-19)30-25(22(24)14-18-6-2-10-34-18)27(32)29-16-20-8-4-12-36-20/h1-12H,13-16H2,(H2,28,31)(H,29,32). The van der Waals surface area contributed by atoms with Crippen molar-refractivity contribution >= 4 is 57.2 Å². The topological polar surface area (TPSA) is 85.1 Å². The van der Waals surface area contributed by atoms with Crippen molar-refractivity contribution < 1.29 is 9.59 Å². The van der Waals surface area contributed by atoms with E-state index < -0.39 is 5.91 Å². The van der Waals surface area contributed by atoms with Crippen molar-refractivity contribution in [1.29, 1.82) is 0 Å². The number of carbonyl (C=O) groups excluding carboxylic acids is 2. The van der Waals surface area contributed by atoms with E-state index in [0.29, 0.717) is 36.9 Å². The van der Waals surface area contributed by atoms with Crippen LogP contribution >= 0.6 is 45.3 Å². The molecule has 5 aromatic rings. The zero-order valence-corrected chi connectivity index (χ0v) is 22.5. The minimum absolute atomic E-state index is 0.273. The van der Waals surface area contributed by atoms with Gasteiger partial charge in [-0.1, -0.05) is 24.3 Å². The molecule has 0 saturated heterocycles. The van der Waals surface area contributed by atoms with E-state index in [2.05, 4.69) is 5.32 Å². The maximum Gasteiger partial charge on any atom is 0.270 e. The van der Waals surface area contributed by atoms with Crippen molar-refractivity contribution in [2.45, 2.75) is 25.8 Å². The molecule has 182 valence electrons. The lowest BCUT2D eigenvalue weighted by Crippen LogP contribution is -2.29. The van der Waals surface area contributed by atoms with Crippen molar-refractivity contribution in [1.82, 2.24) is 10.3 Å². The van der Waals surface area contributed by atoms with Gasteiger partial charge in [-0.25, -0.2) is 4.98 Å². The third-order valence-corrected chi connectivity index (χ3v) is 9.24. The van der Waals surface area contributed by atoms with Crippen LogP contribution in [0.25, 0.3) is 0 Å². The number of rotatable bonds is 10. The molecule has 9 heteroatoms. The number of nitrogens with two attached hydrogens (primary N) is 1. The van der Waals surface area contributed by atoms with E-state index in [4.69, 9.17) is 10.7 Å². The van der Waals surface area contributed by atoms with E-state index in [9.17, 15) is 9.59 Å². The van der Waals surface area contributed by atoms with Crippen molar-refractivity contribution in [3.8, 4) is 0 Å². The number of primary amides is 1. The highest BCUT2D eigenvalue weighted by atomic mass is 32.1. The first-order valence-electron chi connectivity index (χ1n) is 11.3. The Hall–Kier alpha value is -3.11. The van der Waals surface area contributed by atoms with E-state index in [0.717, 1.165) is 30.8 Å². The zero-order valence-electron chi connectivity index (χ0n) is 19.2. The molecule has 5 nitrogen and oxygen atoms in total. The molecule has 0 spiro atoms. The van der Waals surface area contributed by atoms with Gasteiger partial charge in [0.2, 0.25) is 5.91 Å². The highest BCUT2D eigenvalue weighted by molar-refractivity contribution is 7.10. The number of nitrogens with zero attached hydrogens (tertiary/aromatic N) is 1. The fraction of sp³-hybridized carbons (Fsp3) is 0.148. The Labute approximate surface area is 225 Å². The summed E-state index contributed by atoms with van der Waals surface area (Å²) in [6.07, 6.45) is 1.49. The van der Waals surface area contributed by atoms with E-state index >= 15 is 0 Å². The van der Waals surface area contributed by atoms with Crippen LogP contribution in [0.3, 0.4) is 0 Å². The Balaban J connectivity index is 1.65. The fourth-order valence-corrected chi connectivity index (χ4v) is 6.91. The number of amides is 2. The van der Waals surface area contributed by atoms with Crippen LogP contribution in [0, 0.1) is 0 Å². The van der Waals surface area contributed by atoms with Gasteiger partial charge in [0.25, 0.3) is 5.91 Å². The molecular weight excluding hydrogens is 527 g/mol. The molecule has 5 heterocycles. The van der Waals surface area contributed by atoms with E-state index in [1.54, 1.807) is 45.3 Å². The minimum Gasteiger partial charge on any atom is -0.366 e. The van der Waals surface area contributed by atoms with Crippen molar-refractivity contribution in [2.75, 3.05) is 0 Å². The van der Waals surface area contributed by atoms with Crippen LogP contribution in [0.5, 0.6) is 0 Å². The molecule has 0 aliphatic heterocycles. The highest BCUT2D eigenvalue weighted by Gasteiger charge is 2.27. The molecule has 2 amide bonds. The smallest absolute Gasteiger partial charge is 0.270 e. The molecule has 5 rings (SSSR count). The quantitative estimate of drug-likeness (QED) is 0.220. The minimum atomic E-state index is -0.532. The highest BCUT2D eigenvalue weighted by Crippen LogP contribution is 2.30.